The molecule has 0 bridgehead atoms. The van der Waals surface area contributed by atoms with Crippen molar-refractivity contribution in [3.8, 4) is 6.07 Å². The molecule has 0 amide bonds. The summed E-state index contributed by atoms with van der Waals surface area (Å²) in [5.41, 5.74) is -1.09. The van der Waals surface area contributed by atoms with Gasteiger partial charge in [0.05, 0.1) is 6.61 Å². The first-order valence-corrected chi connectivity index (χ1v) is 9.04. The normalized spacial score (nSPS) is 11.8. The lowest BCUT2D eigenvalue weighted by atomic mass is 10.2. The molecule has 0 aliphatic rings. The van der Waals surface area contributed by atoms with Crippen LogP contribution < -0.4 is 10.9 Å². The topological polar surface area (TPSA) is 108 Å². The van der Waals surface area contributed by atoms with Crippen LogP contribution in [0.1, 0.15) is 24.8 Å². The van der Waals surface area contributed by atoms with E-state index in [1.165, 1.54) is 6.08 Å². The van der Waals surface area contributed by atoms with Crippen LogP contribution >= 0.6 is 11.8 Å². The van der Waals surface area contributed by atoms with Crippen LogP contribution in [0.25, 0.3) is 6.08 Å². The van der Waals surface area contributed by atoms with E-state index in [4.69, 9.17) is 9.15 Å². The molecule has 0 saturated heterocycles. The number of rotatable bonds is 9. The van der Waals surface area contributed by atoms with Gasteiger partial charge in [0, 0.05) is 26.4 Å². The fourth-order valence-electron chi connectivity index (χ4n) is 1.81. The van der Waals surface area contributed by atoms with Crippen LogP contribution in [0, 0.1) is 11.3 Å². The standard InChI is InChI=1S/C16H22N4O4S/c1-5-23-16(22)12(7-9-25-4)18-14-11(10-17)15(21)24-13(19-14)6-8-20(2)3/h6,8,12,18H,5,7,9H2,1-4H3/b8-6+. The summed E-state index contributed by atoms with van der Waals surface area (Å²) in [6.07, 6.45) is 5.53. The van der Waals surface area contributed by atoms with Gasteiger partial charge >= 0.3 is 11.6 Å². The number of anilines is 1. The van der Waals surface area contributed by atoms with E-state index in [1.807, 2.05) is 6.26 Å². The minimum absolute atomic E-state index is 0.0105. The van der Waals surface area contributed by atoms with E-state index in [9.17, 15) is 14.9 Å². The molecule has 1 aromatic rings. The number of nitrogens with zero attached hydrogens (tertiary/aromatic N) is 3. The van der Waals surface area contributed by atoms with Gasteiger partial charge in [-0.3, -0.25) is 0 Å². The fraction of sp³-hybridized carbons (Fsp3) is 0.500. The molecule has 0 aromatic carbocycles. The van der Waals surface area contributed by atoms with E-state index in [1.54, 1.807) is 50.0 Å². The summed E-state index contributed by atoms with van der Waals surface area (Å²) < 4.78 is 10.0. The van der Waals surface area contributed by atoms with Gasteiger partial charge in [-0.2, -0.15) is 22.0 Å². The molecule has 0 radical (unpaired) electrons. The zero-order chi connectivity index (χ0) is 18.8. The Kier molecular flexibility index (Phi) is 8.56. The van der Waals surface area contributed by atoms with E-state index in [0.717, 1.165) is 0 Å². The molecule has 9 heteroatoms. The number of esters is 1. The third-order valence-corrected chi connectivity index (χ3v) is 3.62. The molecule has 136 valence electrons. The highest BCUT2D eigenvalue weighted by molar-refractivity contribution is 7.98. The van der Waals surface area contributed by atoms with Gasteiger partial charge in [-0.15, -0.1) is 0 Å². The summed E-state index contributed by atoms with van der Waals surface area (Å²) in [7, 11) is 3.60. The van der Waals surface area contributed by atoms with Crippen molar-refractivity contribution in [3.63, 3.8) is 0 Å². The first kappa shape index (κ1) is 20.6. The number of nitriles is 1. The van der Waals surface area contributed by atoms with Gasteiger partial charge < -0.3 is 19.4 Å². The van der Waals surface area contributed by atoms with Crippen LogP contribution in [0.2, 0.25) is 0 Å². The Morgan fingerprint density at radius 3 is 2.84 bits per heavy atom. The SMILES string of the molecule is CCOC(=O)C(CCSC)Nc1nc(/C=C/N(C)C)oc(=O)c1C#N. The van der Waals surface area contributed by atoms with Gasteiger partial charge in [0.2, 0.25) is 5.89 Å². The van der Waals surface area contributed by atoms with Crippen molar-refractivity contribution in [1.82, 2.24) is 9.88 Å². The lowest BCUT2D eigenvalue weighted by Crippen LogP contribution is -2.33. The molecule has 0 saturated carbocycles. The highest BCUT2D eigenvalue weighted by atomic mass is 32.2. The van der Waals surface area contributed by atoms with Crippen molar-refractivity contribution in [3.05, 3.63) is 28.1 Å². The largest absolute Gasteiger partial charge is 0.464 e. The van der Waals surface area contributed by atoms with Crippen LogP contribution in [0.15, 0.2) is 15.4 Å². The summed E-state index contributed by atoms with van der Waals surface area (Å²) in [5.74, 6) is 0.289. The Morgan fingerprint density at radius 1 is 1.56 bits per heavy atom. The van der Waals surface area contributed by atoms with Crippen LogP contribution in [0.3, 0.4) is 0 Å². The maximum Gasteiger partial charge on any atom is 0.359 e. The van der Waals surface area contributed by atoms with Crippen molar-refractivity contribution in [1.29, 1.82) is 5.26 Å². The van der Waals surface area contributed by atoms with Crippen molar-refractivity contribution >= 4 is 29.6 Å². The predicted octanol–water partition coefficient (Wildman–Crippen LogP) is 1.54. The molecule has 0 spiro atoms. The first-order chi connectivity index (χ1) is 11.9. The lowest BCUT2D eigenvalue weighted by Gasteiger charge is -2.17. The van der Waals surface area contributed by atoms with E-state index in [2.05, 4.69) is 10.3 Å². The number of thioether (sulfide) groups is 1. The Balaban J connectivity index is 3.20. The van der Waals surface area contributed by atoms with Gasteiger partial charge in [-0.05, 0) is 25.4 Å². The molecule has 1 N–H and O–H groups in total. The molecular weight excluding hydrogens is 344 g/mol. The second-order valence-electron chi connectivity index (χ2n) is 5.18. The third-order valence-electron chi connectivity index (χ3n) is 2.98. The van der Waals surface area contributed by atoms with Crippen LogP contribution in [0.5, 0.6) is 0 Å². The highest BCUT2D eigenvalue weighted by Gasteiger charge is 2.23. The summed E-state index contributed by atoms with van der Waals surface area (Å²) in [6.45, 7) is 1.95. The van der Waals surface area contributed by atoms with Crippen molar-refractivity contribution in [2.24, 2.45) is 0 Å². The van der Waals surface area contributed by atoms with Gasteiger partial charge in [0.25, 0.3) is 0 Å². The van der Waals surface area contributed by atoms with Gasteiger partial charge in [-0.25, -0.2) is 9.59 Å². The molecule has 1 heterocycles. The molecular formula is C16H22N4O4S. The number of nitrogens with one attached hydrogen (secondary N) is 1. The Morgan fingerprint density at radius 2 is 2.28 bits per heavy atom. The predicted molar refractivity (Wildman–Crippen MR) is 97.3 cm³/mol. The Labute approximate surface area is 150 Å². The van der Waals surface area contributed by atoms with Crippen molar-refractivity contribution < 1.29 is 13.9 Å². The van der Waals surface area contributed by atoms with E-state index in [0.29, 0.717) is 12.2 Å². The zero-order valence-electron chi connectivity index (χ0n) is 14.7. The number of carbonyl (C=O) groups is 1. The van der Waals surface area contributed by atoms with E-state index in [-0.39, 0.29) is 23.9 Å². The lowest BCUT2D eigenvalue weighted by molar-refractivity contribution is -0.144. The monoisotopic (exact) mass is 366 g/mol. The molecule has 0 aliphatic heterocycles. The molecule has 1 aromatic heterocycles. The molecule has 0 aliphatic carbocycles. The summed E-state index contributed by atoms with van der Waals surface area (Å²) in [4.78, 5) is 30.0. The summed E-state index contributed by atoms with van der Waals surface area (Å²) >= 11 is 1.57. The first-order valence-electron chi connectivity index (χ1n) is 7.64. The fourth-order valence-corrected chi connectivity index (χ4v) is 2.28. The van der Waals surface area contributed by atoms with Gasteiger partial charge in [-0.1, -0.05) is 0 Å². The highest BCUT2D eigenvalue weighted by Crippen LogP contribution is 2.14. The van der Waals surface area contributed by atoms with Gasteiger partial charge in [0.15, 0.2) is 11.4 Å². The van der Waals surface area contributed by atoms with E-state index < -0.39 is 17.6 Å². The van der Waals surface area contributed by atoms with Crippen LogP contribution in [-0.2, 0) is 9.53 Å². The molecule has 0 fully saturated rings. The minimum atomic E-state index is -0.814. The van der Waals surface area contributed by atoms with Crippen LogP contribution in [0.4, 0.5) is 5.82 Å². The second-order valence-corrected chi connectivity index (χ2v) is 6.17. The van der Waals surface area contributed by atoms with Gasteiger partial charge in [0.1, 0.15) is 12.1 Å². The molecule has 8 nitrogen and oxygen atoms in total. The number of hydrogen-bond donors (Lipinski definition) is 1. The quantitative estimate of drug-likeness (QED) is 0.651. The number of ether oxygens (including phenoxy) is 1. The summed E-state index contributed by atoms with van der Waals surface area (Å²) in [6, 6.07) is 1.06. The molecule has 1 unspecified atom stereocenters. The molecule has 1 atom stereocenters. The Hall–Kier alpha value is -2.47. The Bertz CT molecular complexity index is 709. The number of hydrogen-bond acceptors (Lipinski definition) is 9. The average Bonchev–Trinajstić information content (AvgIpc) is 2.56. The third kappa shape index (κ3) is 6.51. The second kappa shape index (κ2) is 10.4. The number of aromatic nitrogens is 1. The van der Waals surface area contributed by atoms with Crippen LogP contribution in [-0.4, -0.2) is 54.6 Å². The number of carbonyl (C=O) groups excluding carboxylic acids is 1. The van der Waals surface area contributed by atoms with Crippen molar-refractivity contribution in [2.45, 2.75) is 19.4 Å². The maximum absolute atomic E-state index is 12.1. The van der Waals surface area contributed by atoms with E-state index >= 15 is 0 Å². The summed E-state index contributed by atoms with van der Waals surface area (Å²) in [5, 5.41) is 12.1. The average molecular weight is 366 g/mol. The minimum Gasteiger partial charge on any atom is -0.464 e. The molecule has 1 rings (SSSR count). The maximum atomic E-state index is 12.1. The smallest absolute Gasteiger partial charge is 0.359 e. The zero-order valence-corrected chi connectivity index (χ0v) is 15.6. The van der Waals surface area contributed by atoms with Crippen molar-refractivity contribution in [2.75, 3.05) is 38.0 Å². The molecule has 25 heavy (non-hydrogen) atoms.